The monoisotopic (exact) mass is 390 g/mol. The van der Waals surface area contributed by atoms with Crippen LogP contribution in [0.2, 0.25) is 0 Å². The number of nitrogens with one attached hydrogen (secondary N) is 1. The lowest BCUT2D eigenvalue weighted by Crippen LogP contribution is -2.36. The van der Waals surface area contributed by atoms with Crippen molar-refractivity contribution in [2.75, 3.05) is 45.4 Å². The molecule has 1 aromatic heterocycles. The zero-order valence-corrected chi connectivity index (χ0v) is 16.1. The maximum absolute atomic E-state index is 12.1. The van der Waals surface area contributed by atoms with Crippen LogP contribution >= 0.6 is 11.3 Å². The summed E-state index contributed by atoms with van der Waals surface area (Å²) in [6.07, 6.45) is 1.72. The SMILES string of the molecule is COc1ccc(/C=N\NC(=O)Cc2csc(N3CCOCC3)n2)c(OC)c1. The van der Waals surface area contributed by atoms with Crippen molar-refractivity contribution in [3.8, 4) is 11.5 Å². The molecule has 1 N–H and O–H groups in total. The second kappa shape index (κ2) is 9.33. The molecule has 1 amide bonds. The predicted molar refractivity (Wildman–Crippen MR) is 104 cm³/mol. The molecule has 3 rings (SSSR count). The van der Waals surface area contributed by atoms with Crippen LogP contribution in [-0.4, -0.2) is 57.6 Å². The highest BCUT2D eigenvalue weighted by molar-refractivity contribution is 7.13. The standard InChI is InChI=1S/C18H22N4O4S/c1-24-15-4-3-13(16(10-15)25-2)11-19-21-17(23)9-14-12-27-18(20-14)22-5-7-26-8-6-22/h3-4,10-12H,5-9H2,1-2H3,(H,21,23)/b19-11-. The normalized spacial score (nSPS) is 14.4. The van der Waals surface area contributed by atoms with Crippen molar-refractivity contribution in [3.05, 3.63) is 34.8 Å². The van der Waals surface area contributed by atoms with E-state index in [4.69, 9.17) is 14.2 Å². The van der Waals surface area contributed by atoms with Crippen LogP contribution in [0.1, 0.15) is 11.3 Å². The van der Waals surface area contributed by atoms with E-state index in [2.05, 4.69) is 20.4 Å². The van der Waals surface area contributed by atoms with Crippen LogP contribution in [0.3, 0.4) is 0 Å². The number of anilines is 1. The Morgan fingerprint density at radius 1 is 1.37 bits per heavy atom. The summed E-state index contributed by atoms with van der Waals surface area (Å²) in [4.78, 5) is 18.8. The summed E-state index contributed by atoms with van der Waals surface area (Å²) < 4.78 is 15.8. The Morgan fingerprint density at radius 2 is 2.19 bits per heavy atom. The van der Waals surface area contributed by atoms with Gasteiger partial charge in [-0.2, -0.15) is 5.10 Å². The number of carbonyl (C=O) groups is 1. The molecule has 1 saturated heterocycles. The first-order valence-electron chi connectivity index (χ1n) is 8.50. The molecule has 1 aromatic carbocycles. The average molecular weight is 390 g/mol. The van der Waals surface area contributed by atoms with E-state index in [9.17, 15) is 4.79 Å². The van der Waals surface area contributed by atoms with Gasteiger partial charge in [0.15, 0.2) is 5.13 Å². The second-order valence-electron chi connectivity index (χ2n) is 5.80. The molecule has 9 heteroatoms. The Bertz CT molecular complexity index is 802. The third-order valence-corrected chi connectivity index (χ3v) is 4.95. The third kappa shape index (κ3) is 5.18. The van der Waals surface area contributed by atoms with Crippen molar-refractivity contribution in [3.63, 3.8) is 0 Å². The van der Waals surface area contributed by atoms with Gasteiger partial charge in [-0.25, -0.2) is 10.4 Å². The summed E-state index contributed by atoms with van der Waals surface area (Å²) in [5.74, 6) is 1.08. The summed E-state index contributed by atoms with van der Waals surface area (Å²) >= 11 is 1.54. The van der Waals surface area contributed by atoms with E-state index in [1.54, 1.807) is 26.4 Å². The largest absolute Gasteiger partial charge is 0.497 e. The Hall–Kier alpha value is -2.65. The van der Waals surface area contributed by atoms with Gasteiger partial charge in [0, 0.05) is 30.1 Å². The lowest BCUT2D eigenvalue weighted by atomic mass is 10.2. The molecule has 1 aliphatic heterocycles. The van der Waals surface area contributed by atoms with Gasteiger partial charge >= 0.3 is 0 Å². The highest BCUT2D eigenvalue weighted by atomic mass is 32.1. The number of hydrogen-bond acceptors (Lipinski definition) is 8. The number of benzene rings is 1. The summed E-state index contributed by atoms with van der Waals surface area (Å²) in [5, 5.41) is 6.83. The number of ether oxygens (including phenoxy) is 3. The summed E-state index contributed by atoms with van der Waals surface area (Å²) in [5.41, 5.74) is 3.99. The highest BCUT2D eigenvalue weighted by Gasteiger charge is 2.15. The topological polar surface area (TPSA) is 85.3 Å². The van der Waals surface area contributed by atoms with Crippen LogP contribution in [0, 0.1) is 0 Å². The molecule has 1 fully saturated rings. The Labute approximate surface area is 161 Å². The Kier molecular flexibility index (Phi) is 6.61. The quantitative estimate of drug-likeness (QED) is 0.572. The van der Waals surface area contributed by atoms with Crippen LogP contribution in [0.15, 0.2) is 28.7 Å². The van der Waals surface area contributed by atoms with Crippen molar-refractivity contribution >= 4 is 28.6 Å². The van der Waals surface area contributed by atoms with Crippen molar-refractivity contribution < 1.29 is 19.0 Å². The van der Waals surface area contributed by atoms with E-state index >= 15 is 0 Å². The summed E-state index contributed by atoms with van der Waals surface area (Å²) in [6, 6.07) is 5.36. The molecular weight excluding hydrogens is 368 g/mol. The van der Waals surface area contributed by atoms with Crippen molar-refractivity contribution in [2.45, 2.75) is 6.42 Å². The Balaban J connectivity index is 1.54. The van der Waals surface area contributed by atoms with Gasteiger partial charge in [0.1, 0.15) is 11.5 Å². The van der Waals surface area contributed by atoms with Gasteiger partial charge in [0.2, 0.25) is 5.91 Å². The average Bonchev–Trinajstić information content (AvgIpc) is 3.17. The van der Waals surface area contributed by atoms with Gasteiger partial charge in [0.25, 0.3) is 0 Å². The second-order valence-corrected chi connectivity index (χ2v) is 6.64. The van der Waals surface area contributed by atoms with Gasteiger partial charge in [-0.1, -0.05) is 0 Å². The smallest absolute Gasteiger partial charge is 0.246 e. The van der Waals surface area contributed by atoms with Gasteiger partial charge in [-0.15, -0.1) is 11.3 Å². The maximum Gasteiger partial charge on any atom is 0.246 e. The minimum Gasteiger partial charge on any atom is -0.497 e. The van der Waals surface area contributed by atoms with Crippen molar-refractivity contribution in [2.24, 2.45) is 5.10 Å². The zero-order chi connectivity index (χ0) is 19.1. The van der Waals surface area contributed by atoms with E-state index in [1.807, 2.05) is 11.4 Å². The van der Waals surface area contributed by atoms with Gasteiger partial charge in [-0.05, 0) is 12.1 Å². The van der Waals surface area contributed by atoms with E-state index in [0.29, 0.717) is 24.7 Å². The molecule has 0 unspecified atom stereocenters. The summed E-state index contributed by atoms with van der Waals surface area (Å²) in [7, 11) is 3.16. The molecule has 0 saturated carbocycles. The molecule has 144 valence electrons. The first kappa shape index (κ1) is 19.1. The van der Waals surface area contributed by atoms with Crippen LogP contribution in [0.5, 0.6) is 11.5 Å². The molecule has 0 bridgehead atoms. The number of thiazole rings is 1. The number of amides is 1. The number of rotatable bonds is 7. The van der Waals surface area contributed by atoms with Crippen molar-refractivity contribution in [1.29, 1.82) is 0 Å². The van der Waals surface area contributed by atoms with E-state index in [0.717, 1.165) is 29.5 Å². The Morgan fingerprint density at radius 3 is 2.93 bits per heavy atom. The first-order valence-corrected chi connectivity index (χ1v) is 9.38. The number of aromatic nitrogens is 1. The van der Waals surface area contributed by atoms with E-state index in [1.165, 1.54) is 17.6 Å². The predicted octanol–water partition coefficient (Wildman–Crippen LogP) is 1.69. The number of hydrogen-bond donors (Lipinski definition) is 1. The fourth-order valence-electron chi connectivity index (χ4n) is 2.58. The van der Waals surface area contributed by atoms with E-state index < -0.39 is 0 Å². The highest BCUT2D eigenvalue weighted by Crippen LogP contribution is 2.23. The lowest BCUT2D eigenvalue weighted by molar-refractivity contribution is -0.120. The minimum atomic E-state index is -0.224. The number of methoxy groups -OCH3 is 2. The van der Waals surface area contributed by atoms with Crippen LogP contribution in [-0.2, 0) is 16.0 Å². The molecule has 0 spiro atoms. The van der Waals surface area contributed by atoms with E-state index in [-0.39, 0.29) is 12.3 Å². The maximum atomic E-state index is 12.1. The third-order valence-electron chi connectivity index (χ3n) is 4.00. The lowest BCUT2D eigenvalue weighted by Gasteiger charge is -2.26. The van der Waals surface area contributed by atoms with Gasteiger partial charge in [-0.3, -0.25) is 4.79 Å². The fourth-order valence-corrected chi connectivity index (χ4v) is 3.46. The number of carbonyl (C=O) groups excluding carboxylic acids is 1. The number of hydrazone groups is 1. The van der Waals surface area contributed by atoms with Gasteiger partial charge < -0.3 is 19.1 Å². The summed E-state index contributed by atoms with van der Waals surface area (Å²) in [6.45, 7) is 3.07. The molecule has 8 nitrogen and oxygen atoms in total. The van der Waals surface area contributed by atoms with Crippen molar-refractivity contribution in [1.82, 2.24) is 10.4 Å². The molecule has 0 atom stereocenters. The molecule has 0 radical (unpaired) electrons. The molecule has 2 heterocycles. The van der Waals surface area contributed by atoms with Gasteiger partial charge in [0.05, 0.1) is 45.8 Å². The molecule has 27 heavy (non-hydrogen) atoms. The minimum absolute atomic E-state index is 0.178. The number of nitrogens with zero attached hydrogens (tertiary/aromatic N) is 3. The fraction of sp³-hybridized carbons (Fsp3) is 0.389. The molecular formula is C18H22N4O4S. The van der Waals surface area contributed by atoms with Crippen LogP contribution in [0.4, 0.5) is 5.13 Å². The molecule has 2 aromatic rings. The molecule has 0 aliphatic carbocycles. The van der Waals surface area contributed by atoms with Crippen LogP contribution in [0.25, 0.3) is 0 Å². The number of morpholine rings is 1. The molecule has 1 aliphatic rings. The zero-order valence-electron chi connectivity index (χ0n) is 15.3. The first-order chi connectivity index (χ1) is 13.2. The van der Waals surface area contributed by atoms with Crippen LogP contribution < -0.4 is 19.8 Å².